The molecule has 1 heterocycles. The van der Waals surface area contributed by atoms with E-state index >= 15 is 0 Å². The lowest BCUT2D eigenvalue weighted by atomic mass is 10.2. The molecule has 1 amide bonds. The maximum absolute atomic E-state index is 11.8. The Bertz CT molecular complexity index is 545. The van der Waals surface area contributed by atoms with Crippen LogP contribution in [0.3, 0.4) is 0 Å². The highest BCUT2D eigenvalue weighted by molar-refractivity contribution is 8.77. The summed E-state index contributed by atoms with van der Waals surface area (Å²) in [7, 11) is 3.76. The number of hydrogen-bond donors (Lipinski definition) is 4. The number of carbonyl (C=O) groups excluding carboxylic acids is 1. The third-order valence-electron chi connectivity index (χ3n) is 2.94. The van der Waals surface area contributed by atoms with Gasteiger partial charge in [0.15, 0.2) is 12.0 Å². The highest BCUT2D eigenvalue weighted by Gasteiger charge is 2.16. The van der Waals surface area contributed by atoms with Crippen LogP contribution in [0.25, 0.3) is 0 Å². The SMILES string of the molecule is NC(N)=NCC#CC(NC(=O)CCCC=CC1CCSS1)C(=O)O. The van der Waals surface area contributed by atoms with E-state index in [9.17, 15) is 9.59 Å². The van der Waals surface area contributed by atoms with Gasteiger partial charge in [-0.3, -0.25) is 4.79 Å². The van der Waals surface area contributed by atoms with Gasteiger partial charge < -0.3 is 21.9 Å². The first kappa shape index (κ1) is 20.3. The third-order valence-corrected chi connectivity index (χ3v) is 5.77. The normalized spacial score (nSPS) is 17.8. The standard InChI is InChI=1S/C15H22N4O3S2/c16-15(17)18-9-4-6-12(14(21)22)19-13(20)7-3-1-2-5-11-8-10-23-24-11/h2,5,11-12H,1,3,7-10H2,(H,19,20)(H,21,22)(H4,16,17,18). The molecule has 132 valence electrons. The minimum atomic E-state index is -1.26. The van der Waals surface area contributed by atoms with Crippen molar-refractivity contribution in [3.63, 3.8) is 0 Å². The van der Waals surface area contributed by atoms with Crippen molar-refractivity contribution in [3.8, 4) is 11.8 Å². The largest absolute Gasteiger partial charge is 0.479 e. The molecule has 2 atom stereocenters. The van der Waals surface area contributed by atoms with Crippen LogP contribution in [0.15, 0.2) is 17.1 Å². The van der Waals surface area contributed by atoms with Crippen molar-refractivity contribution < 1.29 is 14.7 Å². The summed E-state index contributed by atoms with van der Waals surface area (Å²) in [6, 6.07) is -1.26. The Balaban J connectivity index is 2.28. The summed E-state index contributed by atoms with van der Waals surface area (Å²) >= 11 is 0. The Morgan fingerprint density at radius 1 is 1.46 bits per heavy atom. The summed E-state index contributed by atoms with van der Waals surface area (Å²) in [6.07, 6.45) is 7.17. The molecular weight excluding hydrogens is 348 g/mol. The van der Waals surface area contributed by atoms with Crippen LogP contribution < -0.4 is 16.8 Å². The molecule has 1 aliphatic heterocycles. The fourth-order valence-corrected chi connectivity index (χ4v) is 4.52. The fraction of sp³-hybridized carbons (Fsp3) is 0.533. The average Bonchev–Trinajstić information content (AvgIpc) is 3.02. The molecule has 0 aliphatic carbocycles. The van der Waals surface area contributed by atoms with E-state index in [1.54, 1.807) is 0 Å². The van der Waals surface area contributed by atoms with Gasteiger partial charge in [0.25, 0.3) is 0 Å². The number of carbonyl (C=O) groups is 2. The highest BCUT2D eigenvalue weighted by atomic mass is 33.1. The van der Waals surface area contributed by atoms with Crippen LogP contribution in [0.1, 0.15) is 25.7 Å². The molecule has 6 N–H and O–H groups in total. The first-order valence-electron chi connectivity index (χ1n) is 7.50. The van der Waals surface area contributed by atoms with Crippen molar-refractivity contribution in [2.75, 3.05) is 12.3 Å². The zero-order valence-corrected chi connectivity index (χ0v) is 14.9. The number of amides is 1. The lowest BCUT2D eigenvalue weighted by Gasteiger charge is -2.08. The summed E-state index contributed by atoms with van der Waals surface area (Å²) < 4.78 is 0. The van der Waals surface area contributed by atoms with E-state index in [-0.39, 0.29) is 24.8 Å². The molecule has 0 aromatic rings. The molecule has 1 rings (SSSR count). The first-order valence-corrected chi connectivity index (χ1v) is 9.88. The van der Waals surface area contributed by atoms with Gasteiger partial charge in [0.2, 0.25) is 5.91 Å². The van der Waals surface area contributed by atoms with E-state index < -0.39 is 12.0 Å². The molecule has 0 aromatic heterocycles. The number of carboxylic acid groups (broad SMARTS) is 1. The van der Waals surface area contributed by atoms with E-state index in [1.165, 1.54) is 12.2 Å². The number of nitrogens with one attached hydrogen (secondary N) is 1. The molecule has 7 nitrogen and oxygen atoms in total. The predicted octanol–water partition coefficient (Wildman–Crippen LogP) is 0.713. The summed E-state index contributed by atoms with van der Waals surface area (Å²) in [5.41, 5.74) is 10.3. The molecule has 0 aromatic carbocycles. The predicted molar refractivity (Wildman–Crippen MR) is 99.5 cm³/mol. The van der Waals surface area contributed by atoms with Gasteiger partial charge in [-0.1, -0.05) is 45.6 Å². The Hall–Kier alpha value is -1.79. The number of allylic oxidation sites excluding steroid dienone is 1. The van der Waals surface area contributed by atoms with Crippen LogP contribution >= 0.6 is 21.6 Å². The zero-order chi connectivity index (χ0) is 17.8. The van der Waals surface area contributed by atoms with Gasteiger partial charge in [-0.05, 0) is 19.3 Å². The fourth-order valence-electron chi connectivity index (χ4n) is 1.78. The quantitative estimate of drug-likeness (QED) is 0.124. The molecule has 0 bridgehead atoms. The second-order valence-electron chi connectivity index (χ2n) is 4.97. The van der Waals surface area contributed by atoms with Gasteiger partial charge in [0.1, 0.15) is 6.54 Å². The maximum Gasteiger partial charge on any atom is 0.338 e. The summed E-state index contributed by atoms with van der Waals surface area (Å²) in [6.45, 7) is -0.00968. The zero-order valence-electron chi connectivity index (χ0n) is 13.2. The van der Waals surface area contributed by atoms with Crippen LogP contribution in [0, 0.1) is 11.8 Å². The summed E-state index contributed by atoms with van der Waals surface area (Å²) in [5.74, 6) is 4.44. The second kappa shape index (κ2) is 11.7. The van der Waals surface area contributed by atoms with Crippen LogP contribution in [0.5, 0.6) is 0 Å². The Morgan fingerprint density at radius 2 is 2.25 bits per heavy atom. The molecule has 1 aliphatic rings. The van der Waals surface area contributed by atoms with Gasteiger partial charge in [0, 0.05) is 17.4 Å². The molecule has 0 spiro atoms. The summed E-state index contributed by atoms with van der Waals surface area (Å²) in [5, 5.41) is 12.0. The number of guanidine groups is 1. The lowest BCUT2D eigenvalue weighted by molar-refractivity contribution is -0.140. The molecule has 0 saturated carbocycles. The maximum atomic E-state index is 11.8. The number of hydrogen-bond acceptors (Lipinski definition) is 5. The van der Waals surface area contributed by atoms with Crippen LogP contribution in [-0.4, -0.2) is 46.5 Å². The minimum absolute atomic E-state index is 0.00968. The first-order chi connectivity index (χ1) is 11.5. The Labute approximate surface area is 149 Å². The third kappa shape index (κ3) is 9.37. The molecule has 0 radical (unpaired) electrons. The molecule has 2 unspecified atom stereocenters. The van der Waals surface area contributed by atoms with Gasteiger partial charge >= 0.3 is 5.97 Å². The van der Waals surface area contributed by atoms with Crippen molar-refractivity contribution in [1.82, 2.24) is 5.32 Å². The Morgan fingerprint density at radius 3 is 2.88 bits per heavy atom. The average molecular weight is 371 g/mol. The van der Waals surface area contributed by atoms with Gasteiger partial charge in [-0.2, -0.15) is 0 Å². The topological polar surface area (TPSA) is 131 Å². The smallest absolute Gasteiger partial charge is 0.338 e. The van der Waals surface area contributed by atoms with Crippen LogP contribution in [-0.2, 0) is 9.59 Å². The highest BCUT2D eigenvalue weighted by Crippen LogP contribution is 2.38. The number of nitrogens with two attached hydrogens (primary N) is 2. The van der Waals surface area contributed by atoms with Crippen LogP contribution in [0.4, 0.5) is 0 Å². The molecular formula is C15H22N4O3S2. The van der Waals surface area contributed by atoms with Crippen molar-refractivity contribution in [3.05, 3.63) is 12.2 Å². The van der Waals surface area contributed by atoms with E-state index in [4.69, 9.17) is 16.6 Å². The number of nitrogens with zero attached hydrogens (tertiary/aromatic N) is 1. The van der Waals surface area contributed by atoms with Gasteiger partial charge in [-0.15, -0.1) is 0 Å². The van der Waals surface area contributed by atoms with Crippen LogP contribution in [0.2, 0.25) is 0 Å². The number of carboxylic acids is 1. The monoisotopic (exact) mass is 370 g/mol. The molecule has 1 saturated heterocycles. The molecule has 24 heavy (non-hydrogen) atoms. The molecule has 1 fully saturated rings. The summed E-state index contributed by atoms with van der Waals surface area (Å²) in [4.78, 5) is 26.5. The van der Waals surface area contributed by atoms with E-state index in [0.717, 1.165) is 6.42 Å². The number of aliphatic imine (C=N–C) groups is 1. The lowest BCUT2D eigenvalue weighted by Crippen LogP contribution is -2.39. The van der Waals surface area contributed by atoms with Crippen molar-refractivity contribution in [2.45, 2.75) is 37.0 Å². The second-order valence-corrected chi connectivity index (χ2v) is 7.69. The van der Waals surface area contributed by atoms with E-state index in [2.05, 4.69) is 34.3 Å². The van der Waals surface area contributed by atoms with Crippen molar-refractivity contribution >= 4 is 39.4 Å². The number of rotatable bonds is 8. The van der Waals surface area contributed by atoms with Gasteiger partial charge in [0.05, 0.1) is 0 Å². The minimum Gasteiger partial charge on any atom is -0.479 e. The van der Waals surface area contributed by atoms with E-state index in [1.807, 2.05) is 21.6 Å². The van der Waals surface area contributed by atoms with E-state index in [0.29, 0.717) is 11.7 Å². The van der Waals surface area contributed by atoms with Crippen molar-refractivity contribution in [2.24, 2.45) is 16.5 Å². The van der Waals surface area contributed by atoms with Crippen molar-refractivity contribution in [1.29, 1.82) is 0 Å². The number of unbranched alkanes of at least 4 members (excludes halogenated alkanes) is 1. The van der Waals surface area contributed by atoms with Gasteiger partial charge in [-0.25, -0.2) is 9.79 Å². The Kier molecular flexibility index (Phi) is 9.88. The number of aliphatic carboxylic acids is 1. The molecule has 9 heteroatoms.